The Hall–Kier alpha value is -2.45. The molecule has 0 spiro atoms. The van der Waals surface area contributed by atoms with Crippen LogP contribution in [0.15, 0.2) is 46.9 Å². The molecule has 160 valence electrons. The molecule has 0 aliphatic rings. The number of carbonyl (C=O) groups is 2. The van der Waals surface area contributed by atoms with Crippen LogP contribution < -0.4 is 20.7 Å². The maximum absolute atomic E-state index is 12.7. The molecule has 0 saturated carbocycles. The van der Waals surface area contributed by atoms with Gasteiger partial charge >= 0.3 is 0 Å². The van der Waals surface area contributed by atoms with Gasteiger partial charge in [0.1, 0.15) is 5.75 Å². The van der Waals surface area contributed by atoms with Crippen LogP contribution in [-0.4, -0.2) is 29.1 Å². The average molecular weight is 492 g/mol. The number of thiocarbonyl (C=S) groups is 1. The van der Waals surface area contributed by atoms with E-state index >= 15 is 0 Å². The van der Waals surface area contributed by atoms with Crippen molar-refractivity contribution in [3.8, 4) is 5.75 Å². The van der Waals surface area contributed by atoms with Gasteiger partial charge in [0.15, 0.2) is 5.11 Å². The molecule has 2 rings (SSSR count). The van der Waals surface area contributed by atoms with Crippen LogP contribution in [0.1, 0.15) is 54.8 Å². The van der Waals surface area contributed by atoms with Gasteiger partial charge in [-0.1, -0.05) is 22.9 Å². The number of nitrogens with one attached hydrogen (secondary N) is 3. The van der Waals surface area contributed by atoms with Gasteiger partial charge in [0, 0.05) is 21.8 Å². The van der Waals surface area contributed by atoms with Crippen LogP contribution in [0.3, 0.4) is 0 Å². The zero-order valence-electron chi connectivity index (χ0n) is 17.4. The van der Waals surface area contributed by atoms with Crippen LogP contribution in [0.5, 0.6) is 5.75 Å². The van der Waals surface area contributed by atoms with Crippen molar-refractivity contribution in [2.45, 2.75) is 46.3 Å². The van der Waals surface area contributed by atoms with Crippen molar-refractivity contribution >= 4 is 50.8 Å². The number of carbonyl (C=O) groups excluding carboxylic acids is 2. The molecule has 8 heteroatoms. The topological polar surface area (TPSA) is 79.5 Å². The van der Waals surface area contributed by atoms with Crippen LogP contribution in [0.25, 0.3) is 0 Å². The van der Waals surface area contributed by atoms with E-state index in [1.165, 1.54) is 0 Å². The average Bonchev–Trinajstić information content (AvgIpc) is 2.69. The minimum atomic E-state index is -0.381. The van der Waals surface area contributed by atoms with Gasteiger partial charge < -0.3 is 15.4 Å². The van der Waals surface area contributed by atoms with E-state index < -0.39 is 0 Å². The molecule has 6 nitrogen and oxygen atoms in total. The molecule has 0 aromatic heterocycles. The van der Waals surface area contributed by atoms with Crippen molar-refractivity contribution in [1.29, 1.82) is 0 Å². The van der Waals surface area contributed by atoms with Gasteiger partial charge in [-0.2, -0.15) is 0 Å². The normalized spacial score (nSPS) is 11.5. The second-order valence-corrected chi connectivity index (χ2v) is 8.40. The first-order valence-corrected chi connectivity index (χ1v) is 10.9. The number of hydrogen-bond acceptors (Lipinski definition) is 4. The van der Waals surface area contributed by atoms with Crippen LogP contribution >= 0.6 is 28.1 Å². The summed E-state index contributed by atoms with van der Waals surface area (Å²) < 4.78 is 6.47. The van der Waals surface area contributed by atoms with Crippen molar-refractivity contribution in [1.82, 2.24) is 10.6 Å². The molecule has 0 aliphatic heterocycles. The molecular formula is C22H26BrN3O3S. The fourth-order valence-corrected chi connectivity index (χ4v) is 3.05. The predicted octanol–water partition coefficient (Wildman–Crippen LogP) is 4.89. The van der Waals surface area contributed by atoms with E-state index in [-0.39, 0.29) is 29.1 Å². The molecule has 0 fully saturated rings. The Kier molecular flexibility index (Phi) is 8.80. The van der Waals surface area contributed by atoms with Crippen molar-refractivity contribution in [3.63, 3.8) is 0 Å². The fraction of sp³-hybridized carbons (Fsp3) is 0.318. The highest BCUT2D eigenvalue weighted by Gasteiger charge is 2.16. The number of anilines is 1. The molecule has 0 radical (unpaired) electrons. The molecule has 2 aromatic carbocycles. The standard InChI is InChI=1S/C22H26BrN3O3S/c1-5-14(4)24-20(27)15-6-9-17(10-7-15)25-22(30)26-21(28)18-12-16(23)8-11-19(18)29-13(2)3/h6-14H,5H2,1-4H3,(H,24,27)(H2,25,26,28,30). The van der Waals surface area contributed by atoms with Gasteiger partial charge in [0.2, 0.25) is 0 Å². The van der Waals surface area contributed by atoms with E-state index in [4.69, 9.17) is 17.0 Å². The van der Waals surface area contributed by atoms with Crippen LogP contribution in [0, 0.1) is 0 Å². The predicted molar refractivity (Wildman–Crippen MR) is 127 cm³/mol. The number of ether oxygens (including phenoxy) is 1. The van der Waals surface area contributed by atoms with Gasteiger partial charge in [-0.3, -0.25) is 14.9 Å². The molecule has 0 saturated heterocycles. The molecule has 0 heterocycles. The number of hydrogen-bond donors (Lipinski definition) is 3. The highest BCUT2D eigenvalue weighted by Crippen LogP contribution is 2.24. The summed E-state index contributed by atoms with van der Waals surface area (Å²) in [5.41, 5.74) is 1.59. The Morgan fingerprint density at radius 2 is 1.73 bits per heavy atom. The molecule has 0 aliphatic carbocycles. The molecule has 1 unspecified atom stereocenters. The Labute approximate surface area is 190 Å². The van der Waals surface area contributed by atoms with Crippen molar-refractivity contribution < 1.29 is 14.3 Å². The third-order valence-corrected chi connectivity index (χ3v) is 4.87. The highest BCUT2D eigenvalue weighted by molar-refractivity contribution is 9.10. The lowest BCUT2D eigenvalue weighted by molar-refractivity contribution is 0.0937. The van der Waals surface area contributed by atoms with E-state index in [1.54, 1.807) is 36.4 Å². The molecule has 30 heavy (non-hydrogen) atoms. The molecule has 1 atom stereocenters. The van der Waals surface area contributed by atoms with Crippen LogP contribution in [0.2, 0.25) is 0 Å². The summed E-state index contributed by atoms with van der Waals surface area (Å²) in [5.74, 6) is -0.0294. The SMILES string of the molecule is CCC(C)NC(=O)c1ccc(NC(=S)NC(=O)c2cc(Br)ccc2OC(C)C)cc1. The lowest BCUT2D eigenvalue weighted by Gasteiger charge is -2.15. The molecule has 2 aromatic rings. The van der Waals surface area contributed by atoms with E-state index in [0.29, 0.717) is 22.6 Å². The minimum Gasteiger partial charge on any atom is -0.490 e. The van der Waals surface area contributed by atoms with Gasteiger partial charge in [0.05, 0.1) is 11.7 Å². The maximum atomic E-state index is 12.7. The van der Waals surface area contributed by atoms with E-state index in [9.17, 15) is 9.59 Å². The number of amides is 2. The van der Waals surface area contributed by atoms with Gasteiger partial charge in [0.25, 0.3) is 11.8 Å². The first-order chi connectivity index (χ1) is 14.2. The summed E-state index contributed by atoms with van der Waals surface area (Å²) in [4.78, 5) is 24.8. The summed E-state index contributed by atoms with van der Waals surface area (Å²) in [5, 5.41) is 8.67. The Morgan fingerprint density at radius 1 is 1.07 bits per heavy atom. The van der Waals surface area contributed by atoms with Crippen LogP contribution in [-0.2, 0) is 0 Å². The summed E-state index contributed by atoms with van der Waals surface area (Å²) in [7, 11) is 0. The van der Waals surface area contributed by atoms with E-state index in [2.05, 4.69) is 31.9 Å². The Bertz CT molecular complexity index is 916. The van der Waals surface area contributed by atoms with Gasteiger partial charge in [-0.15, -0.1) is 0 Å². The quantitative estimate of drug-likeness (QED) is 0.480. The Balaban J connectivity index is 2.01. The second-order valence-electron chi connectivity index (χ2n) is 7.08. The Morgan fingerprint density at radius 3 is 2.33 bits per heavy atom. The minimum absolute atomic E-state index is 0.0705. The zero-order valence-corrected chi connectivity index (χ0v) is 19.8. The molecular weight excluding hydrogens is 466 g/mol. The van der Waals surface area contributed by atoms with Crippen molar-refractivity contribution in [2.75, 3.05) is 5.32 Å². The first-order valence-electron chi connectivity index (χ1n) is 9.69. The first kappa shape index (κ1) is 23.8. The summed E-state index contributed by atoms with van der Waals surface area (Å²) in [6, 6.07) is 12.2. The smallest absolute Gasteiger partial charge is 0.261 e. The van der Waals surface area contributed by atoms with Crippen LogP contribution in [0.4, 0.5) is 5.69 Å². The maximum Gasteiger partial charge on any atom is 0.261 e. The second kappa shape index (κ2) is 11.1. The summed E-state index contributed by atoms with van der Waals surface area (Å²) >= 11 is 8.63. The molecule has 2 amide bonds. The largest absolute Gasteiger partial charge is 0.490 e. The zero-order chi connectivity index (χ0) is 22.3. The fourth-order valence-electron chi connectivity index (χ4n) is 2.48. The summed E-state index contributed by atoms with van der Waals surface area (Å²) in [6.07, 6.45) is 0.792. The molecule has 3 N–H and O–H groups in total. The third kappa shape index (κ3) is 7.11. The third-order valence-electron chi connectivity index (χ3n) is 4.17. The van der Waals surface area contributed by atoms with E-state index in [1.807, 2.05) is 33.8 Å². The van der Waals surface area contributed by atoms with Crippen molar-refractivity contribution in [3.05, 3.63) is 58.1 Å². The number of rotatable bonds is 7. The van der Waals surface area contributed by atoms with Crippen molar-refractivity contribution in [2.24, 2.45) is 0 Å². The lowest BCUT2D eigenvalue weighted by atomic mass is 10.1. The van der Waals surface area contributed by atoms with Gasteiger partial charge in [-0.05, 0) is 81.9 Å². The molecule has 0 bridgehead atoms. The monoisotopic (exact) mass is 491 g/mol. The summed E-state index contributed by atoms with van der Waals surface area (Å²) in [6.45, 7) is 7.75. The number of halogens is 1. The number of benzene rings is 2. The lowest BCUT2D eigenvalue weighted by Crippen LogP contribution is -2.34. The van der Waals surface area contributed by atoms with Gasteiger partial charge in [-0.25, -0.2) is 0 Å². The highest BCUT2D eigenvalue weighted by atomic mass is 79.9. The van der Waals surface area contributed by atoms with E-state index in [0.717, 1.165) is 10.9 Å².